The van der Waals surface area contributed by atoms with E-state index in [0.717, 1.165) is 11.3 Å². The maximum absolute atomic E-state index is 12.3. The van der Waals surface area contributed by atoms with Crippen molar-refractivity contribution >= 4 is 12.0 Å². The van der Waals surface area contributed by atoms with Gasteiger partial charge in [-0.05, 0) is 30.5 Å². The van der Waals surface area contributed by atoms with E-state index in [-0.39, 0.29) is 12.6 Å². The van der Waals surface area contributed by atoms with Crippen LogP contribution in [0.4, 0.5) is 4.79 Å². The second-order valence-corrected chi connectivity index (χ2v) is 6.80. The van der Waals surface area contributed by atoms with Crippen LogP contribution in [0.15, 0.2) is 48.7 Å². The molecule has 154 valence electrons. The molecule has 1 saturated heterocycles. The van der Waals surface area contributed by atoms with Gasteiger partial charge in [-0.25, -0.2) is 9.78 Å². The summed E-state index contributed by atoms with van der Waals surface area (Å²) < 4.78 is 11.1. The van der Waals surface area contributed by atoms with E-state index in [1.54, 1.807) is 17.2 Å². The molecular formula is C21H25N3O5. The Bertz CT molecular complexity index is 798. The Labute approximate surface area is 169 Å². The molecule has 2 heterocycles. The predicted molar refractivity (Wildman–Crippen MR) is 106 cm³/mol. The van der Waals surface area contributed by atoms with Crippen LogP contribution in [0, 0.1) is 5.92 Å². The molecule has 1 aliphatic heterocycles. The van der Waals surface area contributed by atoms with Crippen LogP contribution in [0.1, 0.15) is 18.4 Å². The number of nitrogens with zero attached hydrogens (tertiary/aromatic N) is 2. The minimum absolute atomic E-state index is 0.247. The molecule has 1 unspecified atom stereocenters. The van der Waals surface area contributed by atoms with Crippen molar-refractivity contribution in [2.75, 3.05) is 26.3 Å². The van der Waals surface area contributed by atoms with Gasteiger partial charge in [0.15, 0.2) is 0 Å². The summed E-state index contributed by atoms with van der Waals surface area (Å²) in [5, 5.41) is 11.9. The third kappa shape index (κ3) is 6.38. The lowest BCUT2D eigenvalue weighted by atomic mass is 9.99. The summed E-state index contributed by atoms with van der Waals surface area (Å²) in [6, 6.07) is 12.8. The zero-order valence-corrected chi connectivity index (χ0v) is 16.1. The number of para-hydroxylation sites is 1. The number of nitrogens with one attached hydrogen (secondary N) is 1. The van der Waals surface area contributed by atoms with Gasteiger partial charge in [-0.15, -0.1) is 0 Å². The summed E-state index contributed by atoms with van der Waals surface area (Å²) >= 11 is 0. The number of benzene rings is 1. The highest BCUT2D eigenvalue weighted by Gasteiger charge is 2.27. The highest BCUT2D eigenvalue weighted by molar-refractivity contribution is 5.76. The number of carbonyl (C=O) groups excluding carboxylic acids is 1. The van der Waals surface area contributed by atoms with Gasteiger partial charge in [0.05, 0.1) is 5.92 Å². The highest BCUT2D eigenvalue weighted by atomic mass is 16.5. The third-order valence-corrected chi connectivity index (χ3v) is 4.64. The Morgan fingerprint density at radius 3 is 2.66 bits per heavy atom. The van der Waals surface area contributed by atoms with E-state index in [1.165, 1.54) is 0 Å². The van der Waals surface area contributed by atoms with Gasteiger partial charge in [0, 0.05) is 31.9 Å². The Kier molecular flexibility index (Phi) is 7.27. The van der Waals surface area contributed by atoms with Gasteiger partial charge in [0.1, 0.15) is 19.0 Å². The second kappa shape index (κ2) is 10.3. The van der Waals surface area contributed by atoms with Crippen LogP contribution < -0.4 is 14.8 Å². The van der Waals surface area contributed by atoms with E-state index in [0.29, 0.717) is 45.0 Å². The quantitative estimate of drug-likeness (QED) is 0.662. The predicted octanol–water partition coefficient (Wildman–Crippen LogP) is 2.55. The largest absolute Gasteiger partial charge is 0.490 e. The van der Waals surface area contributed by atoms with E-state index in [2.05, 4.69) is 10.3 Å². The minimum atomic E-state index is -0.851. The second-order valence-electron chi connectivity index (χ2n) is 6.80. The average Bonchev–Trinajstić information content (AvgIpc) is 2.76. The number of pyridine rings is 1. The normalized spacial score (nSPS) is 16.1. The number of carboxylic acids is 1. The zero-order chi connectivity index (χ0) is 20.5. The maximum atomic E-state index is 12.3. The number of piperidine rings is 1. The molecule has 0 saturated carbocycles. The van der Waals surface area contributed by atoms with Crippen LogP contribution in [0.5, 0.6) is 11.6 Å². The fraction of sp³-hybridized carbons (Fsp3) is 0.381. The van der Waals surface area contributed by atoms with Crippen molar-refractivity contribution in [3.8, 4) is 11.6 Å². The van der Waals surface area contributed by atoms with Crippen molar-refractivity contribution in [1.29, 1.82) is 0 Å². The van der Waals surface area contributed by atoms with Gasteiger partial charge >= 0.3 is 12.0 Å². The summed E-state index contributed by atoms with van der Waals surface area (Å²) in [5.74, 6) is -0.0643. The number of urea groups is 1. The molecule has 29 heavy (non-hydrogen) atoms. The van der Waals surface area contributed by atoms with Crippen molar-refractivity contribution in [3.05, 3.63) is 54.2 Å². The van der Waals surface area contributed by atoms with Crippen LogP contribution in [-0.4, -0.2) is 53.3 Å². The van der Waals surface area contributed by atoms with Crippen LogP contribution in [0.3, 0.4) is 0 Å². The molecule has 1 fully saturated rings. The first kappa shape index (κ1) is 20.4. The van der Waals surface area contributed by atoms with Crippen LogP contribution >= 0.6 is 0 Å². The Hall–Kier alpha value is -3.29. The van der Waals surface area contributed by atoms with Crippen molar-refractivity contribution in [3.63, 3.8) is 0 Å². The van der Waals surface area contributed by atoms with E-state index >= 15 is 0 Å². The summed E-state index contributed by atoms with van der Waals surface area (Å²) in [7, 11) is 0. The molecular weight excluding hydrogens is 374 g/mol. The summed E-state index contributed by atoms with van der Waals surface area (Å²) in [5.41, 5.74) is 0.832. The fourth-order valence-electron chi connectivity index (χ4n) is 3.08. The van der Waals surface area contributed by atoms with E-state index in [1.807, 2.05) is 36.4 Å². The first-order chi connectivity index (χ1) is 14.1. The lowest BCUT2D eigenvalue weighted by Crippen LogP contribution is -2.46. The highest BCUT2D eigenvalue weighted by Crippen LogP contribution is 2.17. The third-order valence-electron chi connectivity index (χ3n) is 4.64. The fourth-order valence-corrected chi connectivity index (χ4v) is 3.08. The van der Waals surface area contributed by atoms with Gasteiger partial charge in [-0.3, -0.25) is 4.79 Å². The number of carboxylic acid groups (broad SMARTS) is 1. The molecule has 1 atom stereocenters. The molecule has 0 bridgehead atoms. The number of aromatic nitrogens is 1. The van der Waals surface area contributed by atoms with E-state index in [4.69, 9.17) is 14.6 Å². The summed E-state index contributed by atoms with van der Waals surface area (Å²) in [6.07, 6.45) is 2.96. The molecule has 2 N–H and O–H groups in total. The first-order valence-electron chi connectivity index (χ1n) is 9.63. The molecule has 2 amide bonds. The first-order valence-corrected chi connectivity index (χ1v) is 9.63. The van der Waals surface area contributed by atoms with Gasteiger partial charge in [-0.2, -0.15) is 0 Å². The molecule has 8 heteroatoms. The standard InChI is InChI=1S/C21H25N3O5/c25-20(26)17-5-4-10-24(15-17)21(27)23-14-16-8-9-19(22-13-16)29-12-11-28-18-6-2-1-3-7-18/h1-3,6-9,13,17H,4-5,10-12,14-15H2,(H,23,27)(H,25,26). The Morgan fingerprint density at radius 1 is 1.14 bits per heavy atom. The lowest BCUT2D eigenvalue weighted by molar-refractivity contribution is -0.143. The number of carbonyl (C=O) groups is 2. The Balaban J connectivity index is 1.37. The topological polar surface area (TPSA) is 101 Å². The molecule has 3 rings (SSSR count). The zero-order valence-electron chi connectivity index (χ0n) is 16.1. The molecule has 8 nitrogen and oxygen atoms in total. The number of likely N-dealkylation sites (tertiary alicyclic amines) is 1. The van der Waals surface area contributed by atoms with E-state index < -0.39 is 11.9 Å². The molecule has 0 spiro atoms. The number of amides is 2. The van der Waals surface area contributed by atoms with Crippen LogP contribution in [0.2, 0.25) is 0 Å². The summed E-state index contributed by atoms with van der Waals surface area (Å²) in [6.45, 7) is 1.93. The Morgan fingerprint density at radius 2 is 1.93 bits per heavy atom. The minimum Gasteiger partial charge on any atom is -0.490 e. The summed E-state index contributed by atoms with van der Waals surface area (Å²) in [4.78, 5) is 29.2. The smallest absolute Gasteiger partial charge is 0.317 e. The monoisotopic (exact) mass is 399 g/mol. The van der Waals surface area contributed by atoms with Gasteiger partial charge in [-0.1, -0.05) is 24.3 Å². The van der Waals surface area contributed by atoms with Crippen molar-refractivity contribution < 1.29 is 24.2 Å². The number of aliphatic carboxylic acids is 1. The molecule has 0 radical (unpaired) electrons. The van der Waals surface area contributed by atoms with Crippen LogP contribution in [0.25, 0.3) is 0 Å². The number of rotatable bonds is 8. The lowest BCUT2D eigenvalue weighted by Gasteiger charge is -2.30. The number of hydrogen-bond donors (Lipinski definition) is 2. The average molecular weight is 399 g/mol. The van der Waals surface area contributed by atoms with Gasteiger partial charge in [0.25, 0.3) is 0 Å². The SMILES string of the molecule is O=C(O)C1CCCN(C(=O)NCc2ccc(OCCOc3ccccc3)nc2)C1. The van der Waals surface area contributed by atoms with Crippen molar-refractivity contribution in [2.45, 2.75) is 19.4 Å². The molecule has 2 aromatic rings. The van der Waals surface area contributed by atoms with Crippen molar-refractivity contribution in [2.24, 2.45) is 5.92 Å². The molecule has 1 aliphatic rings. The number of hydrogen-bond acceptors (Lipinski definition) is 5. The molecule has 1 aromatic heterocycles. The van der Waals surface area contributed by atoms with Gasteiger partial charge < -0.3 is 24.8 Å². The molecule has 0 aliphatic carbocycles. The number of ether oxygens (including phenoxy) is 2. The van der Waals surface area contributed by atoms with Crippen molar-refractivity contribution in [1.82, 2.24) is 15.2 Å². The van der Waals surface area contributed by atoms with Crippen LogP contribution in [-0.2, 0) is 11.3 Å². The maximum Gasteiger partial charge on any atom is 0.317 e. The van der Waals surface area contributed by atoms with Gasteiger partial charge in [0.2, 0.25) is 5.88 Å². The molecule has 1 aromatic carbocycles. The van der Waals surface area contributed by atoms with E-state index in [9.17, 15) is 9.59 Å².